The zero-order chi connectivity index (χ0) is 17.2. The summed E-state index contributed by atoms with van der Waals surface area (Å²) in [6.45, 7) is 2.07. The summed E-state index contributed by atoms with van der Waals surface area (Å²) in [5.41, 5.74) is 0. The van der Waals surface area contributed by atoms with Crippen LogP contribution in [0.15, 0.2) is 36.5 Å². The summed E-state index contributed by atoms with van der Waals surface area (Å²) < 4.78 is 0. The Hall–Kier alpha value is -1.64. The highest BCUT2D eigenvalue weighted by molar-refractivity contribution is 5.79. The molecule has 0 aliphatic heterocycles. The molecule has 0 unspecified atom stereocenters. The van der Waals surface area contributed by atoms with Crippen LogP contribution in [-0.4, -0.2) is 16.9 Å². The van der Waals surface area contributed by atoms with Crippen molar-refractivity contribution in [2.75, 3.05) is 0 Å². The quantitative estimate of drug-likeness (QED) is 0.315. The number of carboxylic acids is 1. The van der Waals surface area contributed by atoms with Gasteiger partial charge in [0.05, 0.1) is 0 Å². The third-order valence-corrected chi connectivity index (χ3v) is 3.45. The lowest BCUT2D eigenvalue weighted by Crippen LogP contribution is -1.93. The van der Waals surface area contributed by atoms with Crippen LogP contribution in [0.2, 0.25) is 0 Å². The molecule has 0 bridgehead atoms. The van der Waals surface area contributed by atoms with E-state index in [1.807, 2.05) is 12.2 Å². The van der Waals surface area contributed by atoms with Gasteiger partial charge in [-0.05, 0) is 38.5 Å². The van der Waals surface area contributed by atoms with Crippen LogP contribution >= 0.6 is 0 Å². The van der Waals surface area contributed by atoms with Gasteiger partial charge in [-0.25, -0.2) is 0 Å². The Bertz CT molecular complexity index is 392. The Morgan fingerprint density at radius 3 is 2.17 bits per heavy atom. The van der Waals surface area contributed by atoms with Crippen molar-refractivity contribution in [3.8, 4) is 0 Å². The first kappa shape index (κ1) is 21.4. The lowest BCUT2D eigenvalue weighted by atomic mass is 10.1. The number of ketones is 1. The van der Waals surface area contributed by atoms with E-state index < -0.39 is 5.97 Å². The SMILES string of the molecule is CC/C=C\CC(=O)CC/C=C\C/C=C\CCCCCCC(=O)O. The molecule has 0 atom stereocenters. The van der Waals surface area contributed by atoms with Crippen LogP contribution in [0.25, 0.3) is 0 Å². The smallest absolute Gasteiger partial charge is 0.303 e. The van der Waals surface area contributed by atoms with Crippen molar-refractivity contribution in [1.82, 2.24) is 0 Å². The molecule has 0 heterocycles. The monoisotopic (exact) mass is 320 g/mol. The molecule has 130 valence electrons. The summed E-state index contributed by atoms with van der Waals surface area (Å²) >= 11 is 0. The van der Waals surface area contributed by atoms with Crippen molar-refractivity contribution in [2.24, 2.45) is 0 Å². The number of Topliss-reactive ketones (excluding diaryl/α,β-unsaturated/α-hetero) is 1. The number of rotatable bonds is 15. The number of carbonyl (C=O) groups is 2. The van der Waals surface area contributed by atoms with E-state index >= 15 is 0 Å². The Morgan fingerprint density at radius 2 is 1.48 bits per heavy atom. The molecule has 0 rings (SSSR count). The molecule has 0 amide bonds. The molecule has 0 aromatic carbocycles. The second kappa shape index (κ2) is 16.7. The molecule has 0 aromatic rings. The van der Waals surface area contributed by atoms with Gasteiger partial charge in [-0.15, -0.1) is 0 Å². The number of hydrogen-bond acceptors (Lipinski definition) is 2. The van der Waals surface area contributed by atoms with Crippen LogP contribution in [0.4, 0.5) is 0 Å². The van der Waals surface area contributed by atoms with Crippen molar-refractivity contribution >= 4 is 11.8 Å². The first-order valence-electron chi connectivity index (χ1n) is 8.85. The maximum atomic E-state index is 11.5. The summed E-state index contributed by atoms with van der Waals surface area (Å²) in [7, 11) is 0. The molecule has 0 saturated carbocycles. The highest BCUT2D eigenvalue weighted by Gasteiger charge is 1.96. The Kier molecular flexibility index (Phi) is 15.5. The standard InChI is InChI=1S/C20H32O3/c1-2-3-13-16-19(21)17-14-11-9-7-5-4-6-8-10-12-15-18-20(22)23/h3-5,9,11,13H,2,6-8,10,12,14-18H2,1H3,(H,22,23)/b5-4-,11-9-,13-3-. The van der Waals surface area contributed by atoms with Crippen LogP contribution in [0, 0.1) is 0 Å². The Labute approximate surface area is 141 Å². The van der Waals surface area contributed by atoms with E-state index in [0.29, 0.717) is 18.6 Å². The van der Waals surface area contributed by atoms with Crippen LogP contribution in [-0.2, 0) is 9.59 Å². The maximum Gasteiger partial charge on any atom is 0.303 e. The fourth-order valence-electron chi connectivity index (χ4n) is 2.13. The van der Waals surface area contributed by atoms with E-state index in [0.717, 1.165) is 51.4 Å². The van der Waals surface area contributed by atoms with Crippen molar-refractivity contribution in [3.63, 3.8) is 0 Å². The van der Waals surface area contributed by atoms with Crippen molar-refractivity contribution in [3.05, 3.63) is 36.5 Å². The van der Waals surface area contributed by atoms with Gasteiger partial charge in [0.1, 0.15) is 5.78 Å². The zero-order valence-electron chi connectivity index (χ0n) is 14.5. The third-order valence-electron chi connectivity index (χ3n) is 3.45. The first-order valence-corrected chi connectivity index (χ1v) is 8.85. The fraction of sp³-hybridized carbons (Fsp3) is 0.600. The van der Waals surface area contributed by atoms with Gasteiger partial charge in [-0.2, -0.15) is 0 Å². The van der Waals surface area contributed by atoms with Gasteiger partial charge in [0.2, 0.25) is 0 Å². The molecule has 23 heavy (non-hydrogen) atoms. The number of aliphatic carboxylic acids is 1. The van der Waals surface area contributed by atoms with Crippen LogP contribution < -0.4 is 0 Å². The number of allylic oxidation sites excluding steroid dienone is 6. The molecule has 0 saturated heterocycles. The molecule has 0 aliphatic carbocycles. The summed E-state index contributed by atoms with van der Waals surface area (Å²) in [6, 6.07) is 0. The summed E-state index contributed by atoms with van der Waals surface area (Å²) in [5, 5.41) is 8.51. The Balaban J connectivity index is 3.40. The van der Waals surface area contributed by atoms with Crippen molar-refractivity contribution in [1.29, 1.82) is 0 Å². The molecule has 0 fully saturated rings. The van der Waals surface area contributed by atoms with Gasteiger partial charge in [0.15, 0.2) is 0 Å². The normalized spacial score (nSPS) is 11.9. The van der Waals surface area contributed by atoms with Gasteiger partial charge in [-0.3, -0.25) is 9.59 Å². The maximum absolute atomic E-state index is 11.5. The fourth-order valence-corrected chi connectivity index (χ4v) is 2.13. The van der Waals surface area contributed by atoms with Gasteiger partial charge < -0.3 is 5.11 Å². The van der Waals surface area contributed by atoms with Gasteiger partial charge in [0, 0.05) is 19.3 Å². The van der Waals surface area contributed by atoms with Crippen LogP contribution in [0.3, 0.4) is 0 Å². The second-order valence-corrected chi connectivity index (χ2v) is 5.69. The topological polar surface area (TPSA) is 54.4 Å². The lowest BCUT2D eigenvalue weighted by Gasteiger charge is -1.96. The molecule has 0 radical (unpaired) electrons. The minimum Gasteiger partial charge on any atom is -0.481 e. The zero-order valence-corrected chi connectivity index (χ0v) is 14.5. The predicted octanol–water partition coefficient (Wildman–Crippen LogP) is 5.62. The molecule has 0 aliphatic rings. The molecule has 0 aromatic heterocycles. The number of hydrogen-bond donors (Lipinski definition) is 1. The van der Waals surface area contributed by atoms with E-state index in [2.05, 4.69) is 31.2 Å². The van der Waals surface area contributed by atoms with E-state index in [-0.39, 0.29) is 6.42 Å². The highest BCUT2D eigenvalue weighted by atomic mass is 16.4. The van der Waals surface area contributed by atoms with Crippen LogP contribution in [0.5, 0.6) is 0 Å². The Morgan fingerprint density at radius 1 is 0.783 bits per heavy atom. The lowest BCUT2D eigenvalue weighted by molar-refractivity contribution is -0.137. The van der Waals surface area contributed by atoms with Gasteiger partial charge in [-0.1, -0.05) is 56.2 Å². The minimum atomic E-state index is -0.698. The molecular formula is C20H32O3. The van der Waals surface area contributed by atoms with E-state index in [4.69, 9.17) is 5.11 Å². The molecule has 3 nitrogen and oxygen atoms in total. The second-order valence-electron chi connectivity index (χ2n) is 5.69. The number of carbonyl (C=O) groups excluding carboxylic acids is 1. The molecule has 1 N–H and O–H groups in total. The summed E-state index contributed by atoms with van der Waals surface area (Å²) in [4.78, 5) is 21.8. The number of carboxylic acid groups (broad SMARTS) is 1. The van der Waals surface area contributed by atoms with Crippen molar-refractivity contribution < 1.29 is 14.7 Å². The summed E-state index contributed by atoms with van der Waals surface area (Å²) in [6.07, 6.45) is 21.8. The molecular weight excluding hydrogens is 288 g/mol. The minimum absolute atomic E-state index is 0.290. The van der Waals surface area contributed by atoms with E-state index in [1.54, 1.807) is 0 Å². The van der Waals surface area contributed by atoms with E-state index in [9.17, 15) is 9.59 Å². The largest absolute Gasteiger partial charge is 0.481 e. The highest BCUT2D eigenvalue weighted by Crippen LogP contribution is 2.06. The van der Waals surface area contributed by atoms with Crippen LogP contribution in [0.1, 0.15) is 77.6 Å². The molecule has 0 spiro atoms. The van der Waals surface area contributed by atoms with Gasteiger partial charge >= 0.3 is 5.97 Å². The molecule has 3 heteroatoms. The first-order chi connectivity index (χ1) is 11.2. The van der Waals surface area contributed by atoms with Crippen molar-refractivity contribution in [2.45, 2.75) is 77.6 Å². The third kappa shape index (κ3) is 18.3. The average molecular weight is 320 g/mol. The average Bonchev–Trinajstić information content (AvgIpc) is 2.51. The van der Waals surface area contributed by atoms with E-state index in [1.165, 1.54) is 0 Å². The summed E-state index contributed by atoms with van der Waals surface area (Å²) in [5.74, 6) is -0.395. The number of unbranched alkanes of at least 4 members (excludes halogenated alkanes) is 4. The predicted molar refractivity (Wildman–Crippen MR) is 96.5 cm³/mol. The van der Waals surface area contributed by atoms with Gasteiger partial charge in [0.25, 0.3) is 0 Å².